The molecule has 6 heteroatoms. The van der Waals surface area contributed by atoms with Crippen LogP contribution in [-0.4, -0.2) is 21.0 Å². The molecule has 1 N–H and O–H groups in total. The van der Waals surface area contributed by atoms with E-state index in [-0.39, 0.29) is 4.88 Å². The van der Waals surface area contributed by atoms with E-state index in [4.69, 9.17) is 5.11 Å². The highest BCUT2D eigenvalue weighted by atomic mass is 79.9. The van der Waals surface area contributed by atoms with E-state index < -0.39 is 5.97 Å². The van der Waals surface area contributed by atoms with Crippen LogP contribution in [0.3, 0.4) is 0 Å². The highest BCUT2D eigenvalue weighted by molar-refractivity contribution is 9.10. The first-order chi connectivity index (χ1) is 6.18. The number of aromatic carboxylic acids is 1. The van der Waals surface area contributed by atoms with Crippen LogP contribution in [0.4, 0.5) is 0 Å². The number of aromatic nitrogens is 2. The lowest BCUT2D eigenvalue weighted by molar-refractivity contribution is 0.0702. The van der Waals surface area contributed by atoms with E-state index in [0.717, 1.165) is 16.7 Å². The average Bonchev–Trinajstić information content (AvgIpc) is 2.49. The summed E-state index contributed by atoms with van der Waals surface area (Å²) in [6.07, 6.45) is 1.40. The highest BCUT2D eigenvalue weighted by Gasteiger charge is 2.11. The van der Waals surface area contributed by atoms with Gasteiger partial charge in [-0.1, -0.05) is 0 Å². The first kappa shape index (κ1) is 8.58. The fourth-order valence-corrected chi connectivity index (χ4v) is 2.29. The SMILES string of the molecule is O=C(O)c1cc2c(Br)ncnc2s1. The van der Waals surface area contributed by atoms with Crippen LogP contribution in [0.1, 0.15) is 9.67 Å². The number of halogens is 1. The summed E-state index contributed by atoms with van der Waals surface area (Å²) in [6.45, 7) is 0. The largest absolute Gasteiger partial charge is 0.477 e. The molecule has 0 aliphatic carbocycles. The minimum atomic E-state index is -0.935. The molecule has 2 aromatic heterocycles. The molecule has 66 valence electrons. The monoisotopic (exact) mass is 258 g/mol. The van der Waals surface area contributed by atoms with Crippen molar-refractivity contribution in [3.63, 3.8) is 0 Å². The summed E-state index contributed by atoms with van der Waals surface area (Å²) in [5.41, 5.74) is 0. The van der Waals surface area contributed by atoms with Gasteiger partial charge in [0.25, 0.3) is 0 Å². The van der Waals surface area contributed by atoms with Crippen LogP contribution in [0.15, 0.2) is 17.0 Å². The Morgan fingerprint density at radius 1 is 1.54 bits per heavy atom. The summed E-state index contributed by atoms with van der Waals surface area (Å²) in [5, 5.41) is 9.46. The first-order valence-corrected chi connectivity index (χ1v) is 4.93. The second-order valence-electron chi connectivity index (χ2n) is 2.30. The lowest BCUT2D eigenvalue weighted by Crippen LogP contribution is -1.89. The van der Waals surface area contributed by atoms with Crippen molar-refractivity contribution in [2.75, 3.05) is 0 Å². The van der Waals surface area contributed by atoms with Crippen LogP contribution in [0, 0.1) is 0 Å². The molecule has 0 bridgehead atoms. The molecule has 2 aromatic rings. The van der Waals surface area contributed by atoms with Crippen molar-refractivity contribution in [3.8, 4) is 0 Å². The number of thiophene rings is 1. The molecule has 13 heavy (non-hydrogen) atoms. The number of hydrogen-bond acceptors (Lipinski definition) is 4. The quantitative estimate of drug-likeness (QED) is 0.797. The van der Waals surface area contributed by atoms with Gasteiger partial charge in [-0.25, -0.2) is 14.8 Å². The van der Waals surface area contributed by atoms with Gasteiger partial charge in [-0.3, -0.25) is 0 Å². The molecule has 0 aromatic carbocycles. The van der Waals surface area contributed by atoms with E-state index in [9.17, 15) is 4.79 Å². The Morgan fingerprint density at radius 2 is 2.31 bits per heavy atom. The minimum absolute atomic E-state index is 0.274. The Hall–Kier alpha value is -1.01. The summed E-state index contributed by atoms with van der Waals surface area (Å²) in [4.78, 5) is 19.4. The molecule has 2 rings (SSSR count). The van der Waals surface area contributed by atoms with Gasteiger partial charge >= 0.3 is 5.97 Å². The Kier molecular flexibility index (Phi) is 2.01. The van der Waals surface area contributed by atoms with Gasteiger partial charge in [0.2, 0.25) is 0 Å². The zero-order chi connectivity index (χ0) is 9.42. The molecule has 0 saturated heterocycles. The van der Waals surface area contributed by atoms with E-state index >= 15 is 0 Å². The molecule has 0 atom stereocenters. The summed E-state index contributed by atoms with van der Waals surface area (Å²) in [7, 11) is 0. The van der Waals surface area contributed by atoms with Crippen molar-refractivity contribution < 1.29 is 9.90 Å². The molecule has 0 spiro atoms. The standard InChI is InChI=1S/C7H3BrN2O2S/c8-5-3-1-4(7(11)12)13-6(3)10-2-9-5/h1-2H,(H,11,12). The molecule has 2 heterocycles. The van der Waals surface area contributed by atoms with Crippen molar-refractivity contribution in [1.29, 1.82) is 0 Å². The highest BCUT2D eigenvalue weighted by Crippen LogP contribution is 2.27. The van der Waals surface area contributed by atoms with Crippen LogP contribution in [-0.2, 0) is 0 Å². The predicted molar refractivity (Wildman–Crippen MR) is 52.1 cm³/mol. The van der Waals surface area contributed by atoms with E-state index in [1.807, 2.05) is 0 Å². The summed E-state index contributed by atoms with van der Waals surface area (Å²) < 4.78 is 0.626. The van der Waals surface area contributed by atoms with Crippen LogP contribution in [0.25, 0.3) is 10.2 Å². The van der Waals surface area contributed by atoms with Gasteiger partial charge < -0.3 is 5.11 Å². The topological polar surface area (TPSA) is 63.1 Å². The van der Waals surface area contributed by atoms with Crippen molar-refractivity contribution in [3.05, 3.63) is 21.9 Å². The molecular weight excluding hydrogens is 256 g/mol. The van der Waals surface area contributed by atoms with Crippen molar-refractivity contribution in [2.45, 2.75) is 0 Å². The molecular formula is C7H3BrN2O2S. The van der Waals surface area contributed by atoms with Gasteiger partial charge in [-0.15, -0.1) is 11.3 Å². The predicted octanol–water partition coefficient (Wildman–Crippen LogP) is 2.15. The van der Waals surface area contributed by atoms with Crippen LogP contribution < -0.4 is 0 Å². The fraction of sp³-hybridized carbons (Fsp3) is 0. The van der Waals surface area contributed by atoms with Crippen LogP contribution in [0.2, 0.25) is 0 Å². The van der Waals surface area contributed by atoms with Gasteiger partial charge in [0.15, 0.2) is 0 Å². The van der Waals surface area contributed by atoms with Gasteiger partial charge in [0.1, 0.15) is 20.6 Å². The summed E-state index contributed by atoms with van der Waals surface area (Å²) in [5.74, 6) is -0.935. The lowest BCUT2D eigenvalue weighted by atomic mass is 10.4. The van der Waals surface area contributed by atoms with E-state index in [1.54, 1.807) is 6.07 Å². The number of nitrogens with zero attached hydrogens (tertiary/aromatic N) is 2. The molecule has 0 amide bonds. The first-order valence-electron chi connectivity index (χ1n) is 3.32. The van der Waals surface area contributed by atoms with Crippen molar-refractivity contribution in [2.24, 2.45) is 0 Å². The third-order valence-corrected chi connectivity index (χ3v) is 3.15. The second-order valence-corrected chi connectivity index (χ2v) is 4.08. The zero-order valence-electron chi connectivity index (χ0n) is 6.19. The summed E-state index contributed by atoms with van der Waals surface area (Å²) in [6, 6.07) is 1.56. The van der Waals surface area contributed by atoms with E-state index in [0.29, 0.717) is 9.43 Å². The van der Waals surface area contributed by atoms with Gasteiger partial charge in [0.05, 0.1) is 0 Å². The Morgan fingerprint density at radius 3 is 2.92 bits per heavy atom. The van der Waals surface area contributed by atoms with Crippen LogP contribution in [0.5, 0.6) is 0 Å². The fourth-order valence-electron chi connectivity index (χ4n) is 0.932. The maximum Gasteiger partial charge on any atom is 0.345 e. The number of rotatable bonds is 1. The number of carboxylic acid groups (broad SMARTS) is 1. The van der Waals surface area contributed by atoms with Crippen molar-refractivity contribution >= 4 is 43.5 Å². The normalized spacial score (nSPS) is 10.5. The number of fused-ring (bicyclic) bond motifs is 1. The molecule has 0 unspecified atom stereocenters. The molecule has 4 nitrogen and oxygen atoms in total. The number of carboxylic acids is 1. The second kappa shape index (κ2) is 3.04. The van der Waals surface area contributed by atoms with Gasteiger partial charge in [0, 0.05) is 5.39 Å². The van der Waals surface area contributed by atoms with Gasteiger partial charge in [-0.05, 0) is 22.0 Å². The Bertz CT molecular complexity index is 482. The molecule has 0 radical (unpaired) electrons. The van der Waals surface area contributed by atoms with Gasteiger partial charge in [-0.2, -0.15) is 0 Å². The minimum Gasteiger partial charge on any atom is -0.477 e. The smallest absolute Gasteiger partial charge is 0.345 e. The lowest BCUT2D eigenvalue weighted by Gasteiger charge is -1.88. The average molecular weight is 259 g/mol. The molecule has 0 fully saturated rings. The summed E-state index contributed by atoms with van der Waals surface area (Å²) >= 11 is 4.36. The third-order valence-electron chi connectivity index (χ3n) is 1.49. The number of hydrogen-bond donors (Lipinski definition) is 1. The maximum atomic E-state index is 10.6. The molecule has 0 aliphatic heterocycles. The Labute approximate surface area is 85.4 Å². The third kappa shape index (κ3) is 1.42. The zero-order valence-corrected chi connectivity index (χ0v) is 8.59. The molecule has 0 aliphatic rings. The van der Waals surface area contributed by atoms with Crippen LogP contribution >= 0.6 is 27.3 Å². The van der Waals surface area contributed by atoms with Crippen molar-refractivity contribution in [1.82, 2.24) is 9.97 Å². The van der Waals surface area contributed by atoms with E-state index in [2.05, 4.69) is 25.9 Å². The number of carbonyl (C=O) groups is 1. The molecule has 0 saturated carbocycles. The Balaban J connectivity index is 2.75. The maximum absolute atomic E-state index is 10.6. The van der Waals surface area contributed by atoms with E-state index in [1.165, 1.54) is 6.33 Å².